The SMILES string of the molecule is CC(C)c1cc(CN[C@@H]2[C@@H]3CCCO[C@H]3C2(C)C)on1. The zero-order valence-electron chi connectivity index (χ0n) is 13.0. The Morgan fingerprint density at radius 2 is 2.25 bits per heavy atom. The minimum atomic E-state index is 0.214. The number of rotatable bonds is 4. The Kier molecular flexibility index (Phi) is 3.63. The molecular formula is C16H26N2O2. The summed E-state index contributed by atoms with van der Waals surface area (Å²) in [6.45, 7) is 10.6. The third-order valence-electron chi connectivity index (χ3n) is 5.00. The number of nitrogens with one attached hydrogen (secondary N) is 1. The van der Waals surface area contributed by atoms with E-state index in [-0.39, 0.29) is 5.41 Å². The second-order valence-corrected chi connectivity index (χ2v) is 7.15. The summed E-state index contributed by atoms with van der Waals surface area (Å²) in [4.78, 5) is 0. The molecule has 0 amide bonds. The standard InChI is InChI=1S/C16H26N2O2/c1-10(2)13-8-11(20-18-13)9-17-14-12-6-5-7-19-15(12)16(14,3)4/h8,10,12,14-15,17H,5-7,9H2,1-4H3/t12-,14+,15+/m0/s1. The molecule has 1 aromatic rings. The number of fused-ring (bicyclic) bond motifs is 1. The Morgan fingerprint density at radius 3 is 2.95 bits per heavy atom. The maximum absolute atomic E-state index is 5.93. The average molecular weight is 278 g/mol. The molecule has 2 aliphatic rings. The van der Waals surface area contributed by atoms with E-state index in [1.165, 1.54) is 12.8 Å². The van der Waals surface area contributed by atoms with Gasteiger partial charge in [0.15, 0.2) is 5.76 Å². The van der Waals surface area contributed by atoms with Crippen LogP contribution < -0.4 is 5.32 Å². The lowest BCUT2D eigenvalue weighted by atomic mass is 9.55. The van der Waals surface area contributed by atoms with E-state index in [1.807, 2.05) is 0 Å². The van der Waals surface area contributed by atoms with Crippen molar-refractivity contribution in [2.45, 2.75) is 65.1 Å². The van der Waals surface area contributed by atoms with E-state index < -0.39 is 0 Å². The van der Waals surface area contributed by atoms with Gasteiger partial charge < -0.3 is 14.6 Å². The first kappa shape index (κ1) is 14.1. The van der Waals surface area contributed by atoms with Gasteiger partial charge in [-0.2, -0.15) is 0 Å². The lowest BCUT2D eigenvalue weighted by molar-refractivity contribution is -0.193. The summed E-state index contributed by atoms with van der Waals surface area (Å²) < 4.78 is 11.3. The number of hydrogen-bond acceptors (Lipinski definition) is 4. The van der Waals surface area contributed by atoms with Crippen molar-refractivity contribution >= 4 is 0 Å². The van der Waals surface area contributed by atoms with Gasteiger partial charge in [0.1, 0.15) is 0 Å². The molecule has 1 N–H and O–H groups in total. The first-order valence-corrected chi connectivity index (χ1v) is 7.80. The Morgan fingerprint density at radius 1 is 1.45 bits per heavy atom. The normalized spacial score (nSPS) is 31.9. The second kappa shape index (κ2) is 5.15. The summed E-state index contributed by atoms with van der Waals surface area (Å²) in [5.41, 5.74) is 1.25. The molecule has 20 heavy (non-hydrogen) atoms. The highest BCUT2D eigenvalue weighted by Crippen LogP contribution is 2.51. The molecule has 4 nitrogen and oxygen atoms in total. The molecule has 3 atom stereocenters. The number of aromatic nitrogens is 1. The highest BCUT2D eigenvalue weighted by Gasteiger charge is 2.57. The monoisotopic (exact) mass is 278 g/mol. The molecule has 2 heterocycles. The van der Waals surface area contributed by atoms with E-state index in [1.54, 1.807) is 0 Å². The molecular weight excluding hydrogens is 252 g/mol. The molecule has 3 rings (SSSR count). The molecule has 112 valence electrons. The van der Waals surface area contributed by atoms with Crippen molar-refractivity contribution in [3.05, 3.63) is 17.5 Å². The first-order chi connectivity index (χ1) is 9.50. The fourth-order valence-corrected chi connectivity index (χ4v) is 3.83. The van der Waals surface area contributed by atoms with Crippen molar-refractivity contribution in [2.24, 2.45) is 11.3 Å². The van der Waals surface area contributed by atoms with Crippen LogP contribution >= 0.6 is 0 Å². The molecule has 2 fully saturated rings. The molecule has 1 saturated carbocycles. The molecule has 1 saturated heterocycles. The molecule has 1 aromatic heterocycles. The topological polar surface area (TPSA) is 47.3 Å². The molecule has 4 heteroatoms. The van der Waals surface area contributed by atoms with Crippen molar-refractivity contribution in [1.29, 1.82) is 0 Å². The predicted molar refractivity (Wildman–Crippen MR) is 77.5 cm³/mol. The number of hydrogen-bond donors (Lipinski definition) is 1. The summed E-state index contributed by atoms with van der Waals surface area (Å²) in [5.74, 6) is 2.01. The minimum absolute atomic E-state index is 0.214. The van der Waals surface area contributed by atoms with Crippen molar-refractivity contribution < 1.29 is 9.26 Å². The molecule has 1 aliphatic heterocycles. The van der Waals surface area contributed by atoms with Crippen LogP contribution in [0.25, 0.3) is 0 Å². The van der Waals surface area contributed by atoms with Crippen LogP contribution in [0.2, 0.25) is 0 Å². The van der Waals surface area contributed by atoms with E-state index in [2.05, 4.69) is 44.2 Å². The van der Waals surface area contributed by atoms with Gasteiger partial charge in [0.2, 0.25) is 0 Å². The fraction of sp³-hybridized carbons (Fsp3) is 0.812. The minimum Gasteiger partial charge on any atom is -0.377 e. The van der Waals surface area contributed by atoms with Crippen LogP contribution in [-0.2, 0) is 11.3 Å². The van der Waals surface area contributed by atoms with Gasteiger partial charge in [0, 0.05) is 30.0 Å². The summed E-state index contributed by atoms with van der Waals surface area (Å²) in [5, 5.41) is 7.78. The van der Waals surface area contributed by atoms with Gasteiger partial charge in [0.25, 0.3) is 0 Å². The molecule has 0 unspecified atom stereocenters. The highest BCUT2D eigenvalue weighted by molar-refractivity contribution is 5.12. The Labute approximate surface area is 121 Å². The summed E-state index contributed by atoms with van der Waals surface area (Å²) in [7, 11) is 0. The third-order valence-corrected chi connectivity index (χ3v) is 5.00. The van der Waals surface area contributed by atoms with Crippen LogP contribution in [0.1, 0.15) is 57.9 Å². The zero-order chi connectivity index (χ0) is 14.3. The van der Waals surface area contributed by atoms with Gasteiger partial charge in [-0.15, -0.1) is 0 Å². The second-order valence-electron chi connectivity index (χ2n) is 7.15. The summed E-state index contributed by atoms with van der Waals surface area (Å²) in [6, 6.07) is 2.58. The molecule has 0 spiro atoms. The Bertz CT molecular complexity index is 467. The Hall–Kier alpha value is -0.870. The summed E-state index contributed by atoms with van der Waals surface area (Å²) >= 11 is 0. The van der Waals surface area contributed by atoms with Crippen LogP contribution in [0.5, 0.6) is 0 Å². The van der Waals surface area contributed by atoms with Crippen LogP contribution in [0, 0.1) is 11.3 Å². The third kappa shape index (κ3) is 2.29. The van der Waals surface area contributed by atoms with Crippen LogP contribution in [-0.4, -0.2) is 23.9 Å². The quantitative estimate of drug-likeness (QED) is 0.919. The smallest absolute Gasteiger partial charge is 0.150 e. The molecule has 0 bridgehead atoms. The zero-order valence-corrected chi connectivity index (χ0v) is 13.0. The van der Waals surface area contributed by atoms with Gasteiger partial charge in [-0.05, 0) is 18.8 Å². The van der Waals surface area contributed by atoms with E-state index >= 15 is 0 Å². The Balaban J connectivity index is 1.60. The lowest BCUT2D eigenvalue weighted by Gasteiger charge is -2.60. The van der Waals surface area contributed by atoms with Crippen LogP contribution in [0.4, 0.5) is 0 Å². The average Bonchev–Trinajstić information content (AvgIpc) is 2.88. The van der Waals surface area contributed by atoms with Crippen LogP contribution in [0.3, 0.4) is 0 Å². The van der Waals surface area contributed by atoms with E-state index in [4.69, 9.17) is 9.26 Å². The van der Waals surface area contributed by atoms with Gasteiger partial charge in [0.05, 0.1) is 18.3 Å². The van der Waals surface area contributed by atoms with E-state index in [0.717, 1.165) is 24.6 Å². The first-order valence-electron chi connectivity index (χ1n) is 7.80. The van der Waals surface area contributed by atoms with Gasteiger partial charge in [-0.25, -0.2) is 0 Å². The van der Waals surface area contributed by atoms with E-state index in [9.17, 15) is 0 Å². The summed E-state index contributed by atoms with van der Waals surface area (Å²) in [6.07, 6.45) is 2.89. The van der Waals surface area contributed by atoms with Crippen molar-refractivity contribution in [3.63, 3.8) is 0 Å². The van der Waals surface area contributed by atoms with Crippen molar-refractivity contribution in [2.75, 3.05) is 6.61 Å². The maximum Gasteiger partial charge on any atom is 0.150 e. The largest absolute Gasteiger partial charge is 0.377 e. The lowest BCUT2D eigenvalue weighted by Crippen LogP contribution is -2.69. The van der Waals surface area contributed by atoms with Crippen molar-refractivity contribution in [1.82, 2.24) is 10.5 Å². The van der Waals surface area contributed by atoms with Gasteiger partial charge in [-0.1, -0.05) is 32.9 Å². The van der Waals surface area contributed by atoms with E-state index in [0.29, 0.717) is 24.0 Å². The maximum atomic E-state index is 5.93. The van der Waals surface area contributed by atoms with Gasteiger partial charge in [-0.3, -0.25) is 0 Å². The molecule has 0 radical (unpaired) electrons. The van der Waals surface area contributed by atoms with Crippen molar-refractivity contribution in [3.8, 4) is 0 Å². The predicted octanol–water partition coefficient (Wildman–Crippen LogP) is 3.09. The van der Waals surface area contributed by atoms with Gasteiger partial charge >= 0.3 is 0 Å². The number of nitrogens with zero attached hydrogens (tertiary/aromatic N) is 1. The van der Waals surface area contributed by atoms with Crippen LogP contribution in [0.15, 0.2) is 10.6 Å². The molecule has 1 aliphatic carbocycles. The molecule has 0 aromatic carbocycles. The highest BCUT2D eigenvalue weighted by atomic mass is 16.5. The number of ether oxygens (including phenoxy) is 1. The fourth-order valence-electron chi connectivity index (χ4n) is 3.83.